The summed E-state index contributed by atoms with van der Waals surface area (Å²) in [7, 11) is 0. The Morgan fingerprint density at radius 2 is 1.54 bits per heavy atom. The molecule has 0 aromatic carbocycles. The van der Waals surface area contributed by atoms with Gasteiger partial charge in [0.25, 0.3) is 0 Å². The van der Waals surface area contributed by atoms with E-state index in [0.29, 0.717) is 6.04 Å². The zero-order valence-electron chi connectivity index (χ0n) is 9.76. The van der Waals surface area contributed by atoms with Crippen molar-refractivity contribution < 1.29 is 5.11 Å². The summed E-state index contributed by atoms with van der Waals surface area (Å²) in [5, 5.41) is 9.70. The minimum Gasteiger partial charge on any atom is -0.378 e. The summed E-state index contributed by atoms with van der Waals surface area (Å²) in [4.78, 5) is 2.22. The Kier molecular flexibility index (Phi) is 2.50. The van der Waals surface area contributed by atoms with Crippen molar-refractivity contribution >= 4 is 0 Å². The Morgan fingerprint density at radius 3 is 1.69 bits per heavy atom. The Morgan fingerprint density at radius 1 is 1.08 bits per heavy atom. The fraction of sp³-hybridized carbons (Fsp3) is 1.00. The van der Waals surface area contributed by atoms with E-state index in [4.69, 9.17) is 0 Å². The molecule has 1 N–H and O–H groups in total. The minimum absolute atomic E-state index is 0.0790. The average Bonchev–Trinajstić information content (AvgIpc) is 1.75. The Labute approximate surface area is 81.9 Å². The molecule has 1 rings (SSSR count). The van der Waals surface area contributed by atoms with Gasteiger partial charge in [0.1, 0.15) is 6.23 Å². The Hall–Kier alpha value is -0.0800. The molecule has 0 aromatic rings. The second kappa shape index (κ2) is 2.96. The van der Waals surface area contributed by atoms with Crippen LogP contribution in [0.2, 0.25) is 0 Å². The molecule has 1 aliphatic heterocycles. The van der Waals surface area contributed by atoms with Gasteiger partial charge in [-0.15, -0.1) is 0 Å². The molecule has 0 spiro atoms. The van der Waals surface area contributed by atoms with Gasteiger partial charge < -0.3 is 5.11 Å². The molecular formula is C11H23NO. The molecule has 2 nitrogen and oxygen atoms in total. The van der Waals surface area contributed by atoms with Gasteiger partial charge in [-0.3, -0.25) is 4.90 Å². The summed E-state index contributed by atoms with van der Waals surface area (Å²) in [6, 6.07) is 0.516. The van der Waals surface area contributed by atoms with Gasteiger partial charge in [-0.1, -0.05) is 20.8 Å². The molecule has 0 radical (unpaired) electrons. The smallest absolute Gasteiger partial charge is 0.109 e. The monoisotopic (exact) mass is 185 g/mol. The molecule has 2 unspecified atom stereocenters. The molecule has 1 saturated heterocycles. The van der Waals surface area contributed by atoms with E-state index in [1.807, 2.05) is 0 Å². The van der Waals surface area contributed by atoms with E-state index in [-0.39, 0.29) is 17.2 Å². The average molecular weight is 185 g/mol. The van der Waals surface area contributed by atoms with Crippen LogP contribution in [0.3, 0.4) is 0 Å². The molecule has 0 aromatic heterocycles. The Bertz CT molecular complexity index is 187. The van der Waals surface area contributed by atoms with Crippen molar-refractivity contribution in [2.45, 2.75) is 65.8 Å². The first-order chi connectivity index (χ1) is 5.64. The standard InChI is InChI=1S/C11H23NO/c1-10(2,3)8-7-9(13)12(8)11(4,5)6/h8-9,13H,7H2,1-6H3. The van der Waals surface area contributed by atoms with Gasteiger partial charge in [-0.05, 0) is 26.2 Å². The van der Waals surface area contributed by atoms with Crippen LogP contribution < -0.4 is 0 Å². The molecule has 0 aliphatic carbocycles. The summed E-state index contributed by atoms with van der Waals surface area (Å²) < 4.78 is 0. The number of hydrogen-bond acceptors (Lipinski definition) is 2. The fourth-order valence-corrected chi connectivity index (χ4v) is 2.18. The van der Waals surface area contributed by atoms with E-state index < -0.39 is 0 Å². The first-order valence-corrected chi connectivity index (χ1v) is 5.10. The van der Waals surface area contributed by atoms with Crippen molar-refractivity contribution in [3.05, 3.63) is 0 Å². The second-order valence-electron chi connectivity index (χ2n) is 6.18. The predicted octanol–water partition coefficient (Wildman–Crippen LogP) is 2.22. The summed E-state index contributed by atoms with van der Waals surface area (Å²) in [5.74, 6) is 0. The lowest BCUT2D eigenvalue weighted by atomic mass is 9.75. The van der Waals surface area contributed by atoms with Crippen LogP contribution in [0.25, 0.3) is 0 Å². The molecule has 2 heteroatoms. The first kappa shape index (κ1) is 11.0. The third-order valence-corrected chi connectivity index (χ3v) is 2.87. The maximum atomic E-state index is 9.70. The van der Waals surface area contributed by atoms with Gasteiger partial charge in [0, 0.05) is 18.0 Å². The SMILES string of the molecule is CC(C)(C)C1CC(O)N1C(C)(C)C. The highest BCUT2D eigenvalue weighted by molar-refractivity contribution is 4.99. The molecule has 0 amide bonds. The molecular weight excluding hydrogens is 162 g/mol. The molecule has 1 aliphatic rings. The van der Waals surface area contributed by atoms with E-state index in [1.165, 1.54) is 0 Å². The van der Waals surface area contributed by atoms with Crippen molar-refractivity contribution in [3.8, 4) is 0 Å². The van der Waals surface area contributed by atoms with Gasteiger partial charge in [-0.25, -0.2) is 0 Å². The molecule has 13 heavy (non-hydrogen) atoms. The van der Waals surface area contributed by atoms with Crippen LogP contribution in [0.4, 0.5) is 0 Å². The summed E-state index contributed by atoms with van der Waals surface area (Å²) in [6.45, 7) is 13.2. The number of rotatable bonds is 0. The van der Waals surface area contributed by atoms with Crippen LogP contribution in [0.5, 0.6) is 0 Å². The summed E-state index contributed by atoms with van der Waals surface area (Å²) >= 11 is 0. The highest BCUT2D eigenvalue weighted by Gasteiger charge is 2.48. The third-order valence-electron chi connectivity index (χ3n) is 2.87. The minimum atomic E-state index is -0.232. The van der Waals surface area contributed by atoms with Crippen molar-refractivity contribution in [2.24, 2.45) is 5.41 Å². The lowest BCUT2D eigenvalue weighted by Crippen LogP contribution is -2.67. The first-order valence-electron chi connectivity index (χ1n) is 5.10. The highest BCUT2D eigenvalue weighted by Crippen LogP contribution is 2.41. The van der Waals surface area contributed by atoms with E-state index in [1.54, 1.807) is 0 Å². The molecule has 0 bridgehead atoms. The lowest BCUT2D eigenvalue weighted by Gasteiger charge is -2.57. The van der Waals surface area contributed by atoms with E-state index in [0.717, 1.165) is 6.42 Å². The number of nitrogens with zero attached hydrogens (tertiary/aromatic N) is 1. The van der Waals surface area contributed by atoms with Crippen molar-refractivity contribution in [2.75, 3.05) is 0 Å². The molecule has 2 atom stereocenters. The van der Waals surface area contributed by atoms with Gasteiger partial charge in [0.15, 0.2) is 0 Å². The van der Waals surface area contributed by atoms with Crippen molar-refractivity contribution in [1.82, 2.24) is 4.90 Å². The molecule has 1 fully saturated rings. The maximum Gasteiger partial charge on any atom is 0.109 e. The van der Waals surface area contributed by atoms with Crippen LogP contribution in [-0.2, 0) is 0 Å². The van der Waals surface area contributed by atoms with Crippen LogP contribution in [0.1, 0.15) is 48.0 Å². The maximum absolute atomic E-state index is 9.70. The van der Waals surface area contributed by atoms with Gasteiger partial charge in [0.05, 0.1) is 0 Å². The van der Waals surface area contributed by atoms with Gasteiger partial charge in [-0.2, -0.15) is 0 Å². The quantitative estimate of drug-likeness (QED) is 0.625. The van der Waals surface area contributed by atoms with E-state index in [2.05, 4.69) is 46.4 Å². The number of aliphatic hydroxyl groups excluding tert-OH is 1. The van der Waals surface area contributed by atoms with Gasteiger partial charge in [0.2, 0.25) is 0 Å². The second-order valence-corrected chi connectivity index (χ2v) is 6.18. The van der Waals surface area contributed by atoms with E-state index in [9.17, 15) is 5.11 Å². The van der Waals surface area contributed by atoms with Gasteiger partial charge >= 0.3 is 0 Å². The zero-order valence-corrected chi connectivity index (χ0v) is 9.76. The number of hydrogen-bond donors (Lipinski definition) is 1. The van der Waals surface area contributed by atoms with Crippen molar-refractivity contribution in [1.29, 1.82) is 0 Å². The number of aliphatic hydroxyl groups is 1. The van der Waals surface area contributed by atoms with Crippen LogP contribution in [0.15, 0.2) is 0 Å². The van der Waals surface area contributed by atoms with Crippen molar-refractivity contribution in [3.63, 3.8) is 0 Å². The Balaban J connectivity index is 2.73. The zero-order chi connectivity index (χ0) is 10.4. The molecule has 1 heterocycles. The largest absolute Gasteiger partial charge is 0.378 e. The van der Waals surface area contributed by atoms with Crippen LogP contribution in [-0.4, -0.2) is 27.8 Å². The fourth-order valence-electron chi connectivity index (χ4n) is 2.18. The summed E-state index contributed by atoms with van der Waals surface area (Å²) in [6.07, 6.45) is 0.685. The van der Waals surface area contributed by atoms with E-state index >= 15 is 0 Å². The molecule has 0 saturated carbocycles. The topological polar surface area (TPSA) is 23.5 Å². The summed E-state index contributed by atoms with van der Waals surface area (Å²) in [5.41, 5.74) is 0.349. The van der Waals surface area contributed by atoms with Crippen LogP contribution in [0, 0.1) is 5.41 Å². The highest BCUT2D eigenvalue weighted by atomic mass is 16.3. The lowest BCUT2D eigenvalue weighted by molar-refractivity contribution is -0.193. The third kappa shape index (κ3) is 2.05. The molecule has 78 valence electrons. The predicted molar refractivity (Wildman–Crippen MR) is 55.5 cm³/mol. The van der Waals surface area contributed by atoms with Crippen LogP contribution >= 0.6 is 0 Å². The normalized spacial score (nSPS) is 31.6. The number of likely N-dealkylation sites (tertiary alicyclic amines) is 1.